The Morgan fingerprint density at radius 1 is 0.525 bits per heavy atom. The first-order valence-corrected chi connectivity index (χ1v) is 14.0. The van der Waals surface area contributed by atoms with Crippen molar-refractivity contribution in [2.75, 3.05) is 13.2 Å². The van der Waals surface area contributed by atoms with Gasteiger partial charge >= 0.3 is 45.1 Å². The van der Waals surface area contributed by atoms with Crippen LogP contribution in [0.3, 0.4) is 0 Å². The lowest BCUT2D eigenvalue weighted by molar-refractivity contribution is -0.293. The van der Waals surface area contributed by atoms with E-state index in [2.05, 4.69) is 32.7 Å². The maximum atomic E-state index is 14.7. The van der Waals surface area contributed by atoms with Gasteiger partial charge in [0.1, 0.15) is 0 Å². The van der Waals surface area contributed by atoms with Crippen LogP contribution in [-0.2, 0) is 19.1 Å². The van der Waals surface area contributed by atoms with Crippen molar-refractivity contribution < 1.29 is 58.6 Å². The van der Waals surface area contributed by atoms with Gasteiger partial charge in [-0.05, 0) is 12.8 Å². The highest BCUT2D eigenvalue weighted by Gasteiger charge is 2.89. The molecule has 0 aliphatic rings. The second-order valence-electron chi connectivity index (χ2n) is 9.25. The summed E-state index contributed by atoms with van der Waals surface area (Å²) in [5.41, 5.74) is 0. The van der Waals surface area contributed by atoms with E-state index in [-0.39, 0.29) is 12.8 Å². The molecule has 0 heterocycles. The molecule has 3 unspecified atom stereocenters. The Balaban J connectivity index is 5.59. The Bertz CT molecular complexity index is 734. The number of carbonyl (C=O) groups excluding carboxylic acids is 2. The van der Waals surface area contributed by atoms with Crippen LogP contribution >= 0.6 is 34.8 Å². The maximum Gasteiger partial charge on any atom is 0.395 e. The van der Waals surface area contributed by atoms with Crippen molar-refractivity contribution in [2.45, 2.75) is 124 Å². The number of unbranched alkanes of at least 4 members (excludes halogenated alkanes) is 10. The van der Waals surface area contributed by atoms with Crippen LogP contribution in [-0.4, -0.2) is 58.3 Å². The molecule has 0 aromatic heterocycles. The van der Waals surface area contributed by atoms with E-state index in [9.17, 15) is 49.1 Å². The van der Waals surface area contributed by atoms with Crippen molar-refractivity contribution in [1.82, 2.24) is 0 Å². The van der Waals surface area contributed by atoms with E-state index in [1.165, 1.54) is 0 Å². The lowest BCUT2D eigenvalue weighted by atomic mass is 9.94. The first kappa shape index (κ1) is 39.2. The molecular weight excluding hydrogens is 630 g/mol. The summed E-state index contributed by atoms with van der Waals surface area (Å²) in [7, 11) is 0. The smallest absolute Gasteiger partial charge is 0.395 e. The number of alkyl halides is 12. The molecule has 0 aliphatic carbocycles. The van der Waals surface area contributed by atoms with Crippen molar-refractivity contribution in [1.29, 1.82) is 0 Å². The van der Waals surface area contributed by atoms with E-state index < -0.39 is 58.3 Å². The minimum absolute atomic E-state index is 0.00581. The van der Waals surface area contributed by atoms with Gasteiger partial charge in [0, 0.05) is 0 Å². The van der Waals surface area contributed by atoms with E-state index in [1.54, 1.807) is 0 Å². The Morgan fingerprint density at radius 3 is 1.27 bits per heavy atom. The van der Waals surface area contributed by atoms with Crippen molar-refractivity contribution in [2.24, 2.45) is 0 Å². The molecule has 16 heteroatoms. The van der Waals surface area contributed by atoms with Crippen molar-refractivity contribution in [3.8, 4) is 0 Å². The summed E-state index contributed by atoms with van der Waals surface area (Å²) in [6.45, 7) is 2.27. The van der Waals surface area contributed by atoms with Gasteiger partial charge in [0.15, 0.2) is 0 Å². The summed E-state index contributed by atoms with van der Waals surface area (Å²) < 4.78 is 139. The number of carbonyl (C=O) groups is 2. The highest BCUT2D eigenvalue weighted by atomic mass is 35.5. The fraction of sp³-hybridized carbons (Fsp3) is 0.917. The van der Waals surface area contributed by atoms with Gasteiger partial charge in [-0.15, -0.1) is 0 Å². The number of hydrogen-bond acceptors (Lipinski definition) is 4. The van der Waals surface area contributed by atoms with Crippen LogP contribution in [0.1, 0.15) is 90.9 Å². The van der Waals surface area contributed by atoms with Gasteiger partial charge in [-0.1, -0.05) is 113 Å². The molecule has 0 aromatic carbocycles. The lowest BCUT2D eigenvalue weighted by Crippen LogP contribution is -2.71. The summed E-state index contributed by atoms with van der Waals surface area (Å²) in [6.07, 6.45) is 6.92. The fourth-order valence-corrected chi connectivity index (χ4v) is 4.07. The SMILES string of the molecule is CCCCCCCCOC(=O)C(F)(F)C(F)(Cl)C(F)(F)C(F)(Cl)C(F)(F)C(F)(Cl)C(=O)OCCCCCCCC. The van der Waals surface area contributed by atoms with Gasteiger partial charge in [-0.3, -0.25) is 0 Å². The minimum atomic E-state index is -6.97. The summed E-state index contributed by atoms with van der Waals surface area (Å²) in [5.74, 6) is -25.6. The monoisotopic (exact) mass is 662 g/mol. The second kappa shape index (κ2) is 16.1. The quantitative estimate of drug-likeness (QED) is 0.0532. The molecule has 0 N–H and O–H groups in total. The molecule has 0 fully saturated rings. The van der Waals surface area contributed by atoms with Gasteiger partial charge in [0.25, 0.3) is 0 Å². The zero-order valence-corrected chi connectivity index (χ0v) is 24.3. The van der Waals surface area contributed by atoms with Crippen LogP contribution in [0.5, 0.6) is 0 Å². The van der Waals surface area contributed by atoms with Crippen LogP contribution in [0.25, 0.3) is 0 Å². The highest BCUT2D eigenvalue weighted by Crippen LogP contribution is 2.62. The van der Waals surface area contributed by atoms with Crippen molar-refractivity contribution in [3.63, 3.8) is 0 Å². The lowest BCUT2D eigenvalue weighted by Gasteiger charge is -2.42. The Labute approximate surface area is 242 Å². The number of hydrogen-bond donors (Lipinski definition) is 0. The normalized spacial score (nSPS) is 17.4. The van der Waals surface area contributed by atoms with Crippen LogP contribution in [0.15, 0.2) is 0 Å². The molecule has 0 bridgehead atoms. The first-order chi connectivity index (χ1) is 18.2. The molecular formula is C24H34Cl3F9O4. The van der Waals surface area contributed by atoms with Gasteiger partial charge in [-0.25, -0.2) is 22.8 Å². The third-order valence-electron chi connectivity index (χ3n) is 5.95. The summed E-state index contributed by atoms with van der Waals surface area (Å²) >= 11 is 13.6. The number of rotatable bonds is 21. The summed E-state index contributed by atoms with van der Waals surface area (Å²) in [5, 5.41) is -18.4. The van der Waals surface area contributed by atoms with Gasteiger partial charge in [-0.2, -0.15) is 26.3 Å². The zero-order valence-electron chi connectivity index (χ0n) is 22.1. The van der Waals surface area contributed by atoms with Crippen LogP contribution in [0, 0.1) is 0 Å². The van der Waals surface area contributed by atoms with Gasteiger partial charge < -0.3 is 9.47 Å². The summed E-state index contributed by atoms with van der Waals surface area (Å²) in [6, 6.07) is 0. The average Bonchev–Trinajstić information content (AvgIpc) is 2.86. The van der Waals surface area contributed by atoms with E-state index >= 15 is 0 Å². The Hall–Kier alpha value is -0.820. The van der Waals surface area contributed by atoms with Crippen LogP contribution in [0.2, 0.25) is 0 Å². The molecule has 0 aliphatic heterocycles. The zero-order chi connectivity index (χ0) is 31.5. The predicted molar refractivity (Wildman–Crippen MR) is 133 cm³/mol. The molecule has 3 atom stereocenters. The van der Waals surface area contributed by atoms with Crippen LogP contribution in [0.4, 0.5) is 39.5 Å². The van der Waals surface area contributed by atoms with Gasteiger partial charge in [0.2, 0.25) is 0 Å². The second-order valence-corrected chi connectivity index (χ2v) is 10.8. The van der Waals surface area contributed by atoms with Crippen molar-refractivity contribution in [3.05, 3.63) is 0 Å². The maximum absolute atomic E-state index is 14.7. The average molecular weight is 664 g/mol. The highest BCUT2D eigenvalue weighted by molar-refractivity contribution is 6.35. The number of ether oxygens (including phenoxy) is 2. The van der Waals surface area contributed by atoms with Crippen LogP contribution < -0.4 is 0 Å². The molecule has 0 spiro atoms. The molecule has 0 radical (unpaired) electrons. The van der Waals surface area contributed by atoms with E-state index in [0.717, 1.165) is 38.5 Å². The molecule has 40 heavy (non-hydrogen) atoms. The standard InChI is InChI=1S/C24H34Cl3F9O4/c1-3-5-7-9-11-13-15-39-17(37)19(25,28)23(33,34)22(27,32)24(35,36)21(26,31)20(29,30)18(38)40-16-14-12-10-8-6-4-2/h3-16H2,1-2H3. The predicted octanol–water partition coefficient (Wildman–Crippen LogP) is 9.41. The number of halogens is 12. The third-order valence-corrected chi connectivity index (χ3v) is 7.29. The molecule has 0 saturated heterocycles. The fourth-order valence-electron chi connectivity index (χ4n) is 3.32. The molecule has 0 aromatic rings. The van der Waals surface area contributed by atoms with E-state index in [0.29, 0.717) is 25.7 Å². The largest absolute Gasteiger partial charge is 0.462 e. The van der Waals surface area contributed by atoms with E-state index in [1.807, 2.05) is 13.8 Å². The molecule has 238 valence electrons. The molecule has 0 rings (SSSR count). The Kier molecular flexibility index (Phi) is 15.8. The van der Waals surface area contributed by atoms with Gasteiger partial charge in [0.05, 0.1) is 13.2 Å². The van der Waals surface area contributed by atoms with Crippen molar-refractivity contribution >= 4 is 46.7 Å². The molecule has 4 nitrogen and oxygen atoms in total. The Morgan fingerprint density at radius 2 is 0.875 bits per heavy atom. The molecule has 0 amide bonds. The third kappa shape index (κ3) is 8.84. The topological polar surface area (TPSA) is 52.6 Å². The first-order valence-electron chi connectivity index (χ1n) is 12.8. The minimum Gasteiger partial charge on any atom is -0.462 e. The molecule has 0 saturated carbocycles. The number of esters is 2. The summed E-state index contributed by atoms with van der Waals surface area (Å²) in [4.78, 5) is 23.4. The van der Waals surface area contributed by atoms with E-state index in [4.69, 9.17) is 11.6 Å².